The lowest BCUT2D eigenvalue weighted by Gasteiger charge is -2.09. The van der Waals surface area contributed by atoms with Crippen LogP contribution in [0.15, 0.2) is 42.5 Å². The van der Waals surface area contributed by atoms with Crippen molar-refractivity contribution in [3.63, 3.8) is 0 Å². The van der Waals surface area contributed by atoms with Crippen LogP contribution in [0.25, 0.3) is 11.1 Å². The fourth-order valence-electron chi connectivity index (χ4n) is 1.69. The Morgan fingerprint density at radius 1 is 1.12 bits per heavy atom. The number of hydrogen-bond donors (Lipinski definition) is 1. The molecule has 3 heteroatoms. The van der Waals surface area contributed by atoms with Gasteiger partial charge in [0.1, 0.15) is 12.0 Å². The van der Waals surface area contributed by atoms with Crippen molar-refractivity contribution in [2.24, 2.45) is 0 Å². The standard InChI is InChI=1S/C14H13NO2/c1-17-14-7-2-10(9-16)8-13(14)11-3-5-12(15)6-4-11/h2-9H,15H2,1H3. The van der Waals surface area contributed by atoms with Gasteiger partial charge in [-0.3, -0.25) is 4.79 Å². The van der Waals surface area contributed by atoms with E-state index < -0.39 is 0 Å². The van der Waals surface area contributed by atoms with Crippen LogP contribution in [-0.4, -0.2) is 13.4 Å². The second kappa shape index (κ2) is 4.70. The van der Waals surface area contributed by atoms with E-state index in [0.29, 0.717) is 11.3 Å². The van der Waals surface area contributed by atoms with Gasteiger partial charge in [-0.15, -0.1) is 0 Å². The monoisotopic (exact) mass is 227 g/mol. The predicted molar refractivity (Wildman–Crippen MR) is 68.2 cm³/mol. The zero-order valence-corrected chi connectivity index (χ0v) is 9.51. The molecule has 2 aromatic carbocycles. The highest BCUT2D eigenvalue weighted by molar-refractivity contribution is 5.81. The Morgan fingerprint density at radius 2 is 1.82 bits per heavy atom. The molecule has 3 nitrogen and oxygen atoms in total. The number of benzene rings is 2. The van der Waals surface area contributed by atoms with Crippen LogP contribution >= 0.6 is 0 Å². The first-order valence-electron chi connectivity index (χ1n) is 5.23. The zero-order valence-electron chi connectivity index (χ0n) is 9.51. The lowest BCUT2D eigenvalue weighted by atomic mass is 10.0. The molecule has 0 aliphatic rings. The predicted octanol–water partition coefficient (Wildman–Crippen LogP) is 2.76. The molecule has 0 spiro atoms. The summed E-state index contributed by atoms with van der Waals surface area (Å²) in [5.41, 5.74) is 8.83. The Bertz CT molecular complexity index is 532. The minimum atomic E-state index is 0.623. The molecule has 2 aromatic rings. The van der Waals surface area contributed by atoms with E-state index in [-0.39, 0.29) is 0 Å². The van der Waals surface area contributed by atoms with Crippen LogP contribution < -0.4 is 10.5 Å². The fourth-order valence-corrected chi connectivity index (χ4v) is 1.69. The topological polar surface area (TPSA) is 52.3 Å². The van der Waals surface area contributed by atoms with Gasteiger partial charge in [0, 0.05) is 16.8 Å². The van der Waals surface area contributed by atoms with Crippen molar-refractivity contribution in [2.45, 2.75) is 0 Å². The molecule has 2 N–H and O–H groups in total. The van der Waals surface area contributed by atoms with Crippen molar-refractivity contribution in [3.8, 4) is 16.9 Å². The molecule has 0 heterocycles. The van der Waals surface area contributed by atoms with Crippen molar-refractivity contribution in [1.82, 2.24) is 0 Å². The van der Waals surface area contributed by atoms with Crippen LogP contribution in [0, 0.1) is 0 Å². The average molecular weight is 227 g/mol. The van der Waals surface area contributed by atoms with Crippen molar-refractivity contribution in [1.29, 1.82) is 0 Å². The Kier molecular flexibility index (Phi) is 3.10. The number of hydrogen-bond acceptors (Lipinski definition) is 3. The van der Waals surface area contributed by atoms with Crippen molar-refractivity contribution in [3.05, 3.63) is 48.0 Å². The van der Waals surface area contributed by atoms with Gasteiger partial charge in [0.15, 0.2) is 0 Å². The van der Waals surface area contributed by atoms with Crippen molar-refractivity contribution >= 4 is 12.0 Å². The van der Waals surface area contributed by atoms with E-state index in [1.54, 1.807) is 25.3 Å². The van der Waals surface area contributed by atoms with E-state index >= 15 is 0 Å². The minimum Gasteiger partial charge on any atom is -0.496 e. The van der Waals surface area contributed by atoms with E-state index in [9.17, 15) is 4.79 Å². The Morgan fingerprint density at radius 3 is 2.41 bits per heavy atom. The van der Waals surface area contributed by atoms with Gasteiger partial charge in [-0.05, 0) is 35.9 Å². The molecular formula is C14H13NO2. The third-order valence-corrected chi connectivity index (χ3v) is 2.58. The van der Waals surface area contributed by atoms with Crippen LogP contribution in [0.4, 0.5) is 5.69 Å². The molecule has 0 saturated heterocycles. The van der Waals surface area contributed by atoms with Crippen LogP contribution in [0.2, 0.25) is 0 Å². The minimum absolute atomic E-state index is 0.623. The number of methoxy groups -OCH3 is 1. The highest BCUT2D eigenvalue weighted by Crippen LogP contribution is 2.30. The third kappa shape index (κ3) is 2.28. The molecular weight excluding hydrogens is 214 g/mol. The second-order valence-electron chi connectivity index (χ2n) is 3.70. The molecule has 0 saturated carbocycles. The van der Waals surface area contributed by atoms with E-state index in [2.05, 4.69) is 0 Å². The Labute approximate surface area is 99.8 Å². The summed E-state index contributed by atoms with van der Waals surface area (Å²) in [5.74, 6) is 0.736. The number of anilines is 1. The highest BCUT2D eigenvalue weighted by Gasteiger charge is 2.06. The highest BCUT2D eigenvalue weighted by atomic mass is 16.5. The number of rotatable bonds is 3. The molecule has 0 radical (unpaired) electrons. The fraction of sp³-hybridized carbons (Fsp3) is 0.0714. The van der Waals surface area contributed by atoms with Gasteiger partial charge in [0.25, 0.3) is 0 Å². The Balaban J connectivity index is 2.55. The first-order valence-corrected chi connectivity index (χ1v) is 5.23. The summed E-state index contributed by atoms with van der Waals surface area (Å²) in [6.07, 6.45) is 0.820. The summed E-state index contributed by atoms with van der Waals surface area (Å²) in [6, 6.07) is 12.8. The first-order chi connectivity index (χ1) is 8.24. The maximum absolute atomic E-state index is 10.8. The maximum atomic E-state index is 10.8. The molecule has 0 amide bonds. The number of nitrogens with two attached hydrogens (primary N) is 1. The summed E-state index contributed by atoms with van der Waals surface area (Å²) in [6.45, 7) is 0. The molecule has 0 unspecified atom stereocenters. The number of carbonyl (C=O) groups is 1. The molecule has 0 fully saturated rings. The van der Waals surface area contributed by atoms with Gasteiger partial charge in [-0.2, -0.15) is 0 Å². The normalized spacial score (nSPS) is 9.94. The second-order valence-corrected chi connectivity index (χ2v) is 3.70. The quantitative estimate of drug-likeness (QED) is 0.648. The van der Waals surface area contributed by atoms with E-state index in [0.717, 1.165) is 23.2 Å². The molecule has 0 atom stereocenters. The van der Waals surface area contributed by atoms with Crippen LogP contribution in [0.1, 0.15) is 10.4 Å². The molecule has 17 heavy (non-hydrogen) atoms. The molecule has 0 aliphatic heterocycles. The van der Waals surface area contributed by atoms with Gasteiger partial charge in [0.05, 0.1) is 7.11 Å². The van der Waals surface area contributed by atoms with Gasteiger partial charge in [-0.1, -0.05) is 12.1 Å². The van der Waals surface area contributed by atoms with Gasteiger partial charge in [-0.25, -0.2) is 0 Å². The van der Waals surface area contributed by atoms with Crippen LogP contribution in [-0.2, 0) is 0 Å². The maximum Gasteiger partial charge on any atom is 0.150 e. The molecule has 86 valence electrons. The van der Waals surface area contributed by atoms with Crippen LogP contribution in [0.5, 0.6) is 5.75 Å². The summed E-state index contributed by atoms with van der Waals surface area (Å²) < 4.78 is 5.28. The largest absolute Gasteiger partial charge is 0.496 e. The van der Waals surface area contributed by atoms with Gasteiger partial charge < -0.3 is 10.5 Å². The van der Waals surface area contributed by atoms with Crippen LogP contribution in [0.3, 0.4) is 0 Å². The zero-order chi connectivity index (χ0) is 12.3. The first kappa shape index (κ1) is 11.2. The Hall–Kier alpha value is -2.29. The van der Waals surface area contributed by atoms with Crippen molar-refractivity contribution in [2.75, 3.05) is 12.8 Å². The SMILES string of the molecule is COc1ccc(C=O)cc1-c1ccc(N)cc1. The average Bonchev–Trinajstić information content (AvgIpc) is 2.39. The molecule has 0 bridgehead atoms. The smallest absolute Gasteiger partial charge is 0.150 e. The van der Waals surface area contributed by atoms with E-state index in [1.165, 1.54) is 0 Å². The number of carbonyl (C=O) groups excluding carboxylic acids is 1. The summed E-state index contributed by atoms with van der Waals surface area (Å²) in [5, 5.41) is 0. The lowest BCUT2D eigenvalue weighted by Crippen LogP contribution is -1.91. The number of ether oxygens (including phenoxy) is 1. The summed E-state index contributed by atoms with van der Waals surface area (Å²) >= 11 is 0. The van der Waals surface area contributed by atoms with Gasteiger partial charge in [0.2, 0.25) is 0 Å². The third-order valence-electron chi connectivity index (χ3n) is 2.58. The van der Waals surface area contributed by atoms with E-state index in [4.69, 9.17) is 10.5 Å². The number of nitrogen functional groups attached to an aromatic ring is 1. The number of aldehydes is 1. The molecule has 0 aliphatic carbocycles. The molecule has 2 rings (SSSR count). The summed E-state index contributed by atoms with van der Waals surface area (Å²) in [4.78, 5) is 10.8. The summed E-state index contributed by atoms with van der Waals surface area (Å²) in [7, 11) is 1.61. The van der Waals surface area contributed by atoms with Gasteiger partial charge >= 0.3 is 0 Å². The van der Waals surface area contributed by atoms with E-state index in [1.807, 2.05) is 24.3 Å². The van der Waals surface area contributed by atoms with Crippen molar-refractivity contribution < 1.29 is 9.53 Å². The lowest BCUT2D eigenvalue weighted by molar-refractivity contribution is 0.112. The molecule has 0 aromatic heterocycles.